The van der Waals surface area contributed by atoms with Crippen molar-refractivity contribution in [2.45, 2.75) is 6.04 Å². The third-order valence-electron chi connectivity index (χ3n) is 1.50. The molecule has 0 spiro atoms. The van der Waals surface area contributed by atoms with E-state index in [0.29, 0.717) is 5.56 Å². The van der Waals surface area contributed by atoms with Gasteiger partial charge in [0.15, 0.2) is 0 Å². The van der Waals surface area contributed by atoms with Crippen molar-refractivity contribution in [2.75, 3.05) is 0 Å². The van der Waals surface area contributed by atoms with E-state index in [1.807, 2.05) is 0 Å². The Bertz CT molecular complexity index is 344. The largest absolute Gasteiger partial charge is 0.280 e. The second-order valence-corrected chi connectivity index (χ2v) is 2.69. The van der Waals surface area contributed by atoms with Crippen LogP contribution < -0.4 is 0 Å². The molecule has 0 aliphatic rings. The molecule has 0 radical (unpaired) electrons. The van der Waals surface area contributed by atoms with Gasteiger partial charge in [-0.3, -0.25) is 4.79 Å². The second kappa shape index (κ2) is 4.50. The van der Waals surface area contributed by atoms with E-state index in [9.17, 15) is 4.79 Å². The topological polar surface area (TPSA) is 65.8 Å². The third kappa shape index (κ3) is 2.47. The van der Waals surface area contributed by atoms with E-state index < -0.39 is 11.3 Å². The second-order valence-electron chi connectivity index (χ2n) is 2.32. The van der Waals surface area contributed by atoms with Crippen molar-refractivity contribution >= 4 is 16.8 Å². The molecule has 0 aliphatic heterocycles. The highest BCUT2D eigenvalue weighted by Crippen LogP contribution is 2.19. The standard InChI is InChI=1S/C8H6ClN3O/c9-8(13)7(11-12-10)6-4-2-1-3-5-6/h1-5,7H. The van der Waals surface area contributed by atoms with Crippen molar-refractivity contribution in [3.05, 3.63) is 46.3 Å². The summed E-state index contributed by atoms with van der Waals surface area (Å²) >= 11 is 5.25. The first-order valence-electron chi connectivity index (χ1n) is 3.54. The average Bonchev–Trinajstić information content (AvgIpc) is 2.15. The van der Waals surface area contributed by atoms with Crippen LogP contribution in [0.5, 0.6) is 0 Å². The van der Waals surface area contributed by atoms with Crippen LogP contribution in [0.3, 0.4) is 0 Å². The van der Waals surface area contributed by atoms with E-state index >= 15 is 0 Å². The molecule has 0 saturated carbocycles. The first-order valence-corrected chi connectivity index (χ1v) is 3.92. The van der Waals surface area contributed by atoms with Crippen LogP contribution in [0.4, 0.5) is 0 Å². The number of halogens is 1. The minimum atomic E-state index is -0.923. The van der Waals surface area contributed by atoms with E-state index in [-0.39, 0.29) is 0 Å². The number of nitrogens with zero attached hydrogens (tertiary/aromatic N) is 3. The molecule has 5 heteroatoms. The fourth-order valence-electron chi connectivity index (χ4n) is 0.930. The lowest BCUT2D eigenvalue weighted by Gasteiger charge is -2.04. The lowest BCUT2D eigenvalue weighted by Crippen LogP contribution is -2.02. The van der Waals surface area contributed by atoms with Crippen LogP contribution in [0.25, 0.3) is 10.4 Å². The van der Waals surface area contributed by atoms with Crippen LogP contribution in [0.2, 0.25) is 0 Å². The monoisotopic (exact) mass is 195 g/mol. The Balaban J connectivity index is 3.02. The highest BCUT2D eigenvalue weighted by molar-refractivity contribution is 6.64. The number of rotatable bonds is 3. The summed E-state index contributed by atoms with van der Waals surface area (Å²) in [5, 5.41) is 2.62. The van der Waals surface area contributed by atoms with Gasteiger partial charge in [-0.2, -0.15) is 0 Å². The average molecular weight is 196 g/mol. The summed E-state index contributed by atoms with van der Waals surface area (Å²) in [5.41, 5.74) is 8.79. The summed E-state index contributed by atoms with van der Waals surface area (Å²) in [6.45, 7) is 0. The van der Waals surface area contributed by atoms with Crippen molar-refractivity contribution in [1.29, 1.82) is 0 Å². The molecule has 66 valence electrons. The van der Waals surface area contributed by atoms with Crippen LogP contribution in [-0.4, -0.2) is 5.24 Å². The predicted octanol–water partition coefficient (Wildman–Crippen LogP) is 2.80. The summed E-state index contributed by atoms with van der Waals surface area (Å²) < 4.78 is 0. The highest BCUT2D eigenvalue weighted by atomic mass is 35.5. The molecular formula is C8H6ClN3O. The quantitative estimate of drug-likeness (QED) is 0.317. The Morgan fingerprint density at radius 3 is 2.54 bits per heavy atom. The number of azide groups is 1. The van der Waals surface area contributed by atoms with Gasteiger partial charge in [0.1, 0.15) is 6.04 Å². The predicted molar refractivity (Wildman–Crippen MR) is 49.2 cm³/mol. The van der Waals surface area contributed by atoms with Crippen molar-refractivity contribution < 1.29 is 4.79 Å². The van der Waals surface area contributed by atoms with Crippen LogP contribution in [0.1, 0.15) is 11.6 Å². The van der Waals surface area contributed by atoms with E-state index in [2.05, 4.69) is 10.0 Å². The minimum Gasteiger partial charge on any atom is -0.280 e. The van der Waals surface area contributed by atoms with Crippen LogP contribution >= 0.6 is 11.6 Å². The minimum absolute atomic E-state index is 0.598. The van der Waals surface area contributed by atoms with Gasteiger partial charge in [0.25, 0.3) is 0 Å². The summed E-state index contributed by atoms with van der Waals surface area (Å²) in [6, 6.07) is 7.73. The third-order valence-corrected chi connectivity index (χ3v) is 1.70. The smallest absolute Gasteiger partial charge is 0.235 e. The molecule has 0 bridgehead atoms. The summed E-state index contributed by atoms with van der Waals surface area (Å²) in [4.78, 5) is 13.4. The van der Waals surface area contributed by atoms with Gasteiger partial charge in [0, 0.05) is 4.91 Å². The highest BCUT2D eigenvalue weighted by Gasteiger charge is 2.15. The fourth-order valence-corrected chi connectivity index (χ4v) is 1.10. The molecule has 0 N–H and O–H groups in total. The van der Waals surface area contributed by atoms with Crippen LogP contribution in [0.15, 0.2) is 35.4 Å². The Morgan fingerprint density at radius 1 is 1.46 bits per heavy atom. The molecule has 0 amide bonds. The van der Waals surface area contributed by atoms with E-state index in [1.54, 1.807) is 30.3 Å². The van der Waals surface area contributed by atoms with Gasteiger partial charge in [-0.25, -0.2) is 0 Å². The van der Waals surface area contributed by atoms with Crippen molar-refractivity contribution in [3.8, 4) is 0 Å². The van der Waals surface area contributed by atoms with Crippen molar-refractivity contribution in [1.82, 2.24) is 0 Å². The van der Waals surface area contributed by atoms with E-state index in [1.165, 1.54) is 0 Å². The Morgan fingerprint density at radius 2 is 2.08 bits per heavy atom. The molecule has 4 nitrogen and oxygen atoms in total. The zero-order valence-electron chi connectivity index (χ0n) is 6.59. The van der Waals surface area contributed by atoms with Crippen molar-refractivity contribution in [2.24, 2.45) is 5.11 Å². The molecule has 0 fully saturated rings. The molecule has 13 heavy (non-hydrogen) atoms. The fraction of sp³-hybridized carbons (Fsp3) is 0.125. The number of benzene rings is 1. The number of hydrogen-bond donors (Lipinski definition) is 0. The van der Waals surface area contributed by atoms with E-state index in [0.717, 1.165) is 0 Å². The molecule has 1 aromatic carbocycles. The summed E-state index contributed by atoms with van der Waals surface area (Å²) in [7, 11) is 0. The first-order chi connectivity index (χ1) is 6.25. The molecule has 1 unspecified atom stereocenters. The Labute approximate surface area is 79.8 Å². The molecule has 0 saturated heterocycles. The zero-order chi connectivity index (χ0) is 9.68. The number of hydrogen-bond acceptors (Lipinski definition) is 2. The molecule has 1 aromatic rings. The summed E-state index contributed by atoms with van der Waals surface area (Å²) in [6.07, 6.45) is 0. The molecule has 0 aromatic heterocycles. The molecule has 1 rings (SSSR count). The number of carbonyl (C=O) groups is 1. The van der Waals surface area contributed by atoms with Crippen LogP contribution in [0, 0.1) is 0 Å². The maximum atomic E-state index is 10.8. The molecule has 1 atom stereocenters. The molecular weight excluding hydrogens is 190 g/mol. The van der Waals surface area contributed by atoms with Gasteiger partial charge in [-0.1, -0.05) is 35.4 Å². The van der Waals surface area contributed by atoms with Crippen LogP contribution in [-0.2, 0) is 4.79 Å². The molecule has 0 heterocycles. The lowest BCUT2D eigenvalue weighted by atomic mass is 10.1. The van der Waals surface area contributed by atoms with Crippen molar-refractivity contribution in [3.63, 3.8) is 0 Å². The maximum absolute atomic E-state index is 10.8. The summed E-state index contributed by atoms with van der Waals surface area (Å²) in [5.74, 6) is 0. The van der Waals surface area contributed by atoms with Gasteiger partial charge in [0.2, 0.25) is 5.24 Å². The van der Waals surface area contributed by atoms with Gasteiger partial charge in [-0.05, 0) is 22.7 Å². The Hall–Kier alpha value is -1.51. The van der Waals surface area contributed by atoms with Gasteiger partial charge in [-0.15, -0.1) is 0 Å². The Kier molecular flexibility index (Phi) is 3.31. The van der Waals surface area contributed by atoms with Gasteiger partial charge >= 0.3 is 0 Å². The zero-order valence-corrected chi connectivity index (χ0v) is 7.35. The lowest BCUT2D eigenvalue weighted by molar-refractivity contribution is -0.112. The molecule has 0 aliphatic carbocycles. The maximum Gasteiger partial charge on any atom is 0.235 e. The van der Waals surface area contributed by atoms with Gasteiger partial charge < -0.3 is 0 Å². The van der Waals surface area contributed by atoms with E-state index in [4.69, 9.17) is 17.1 Å². The normalized spacial score (nSPS) is 11.5. The number of carbonyl (C=O) groups excluding carboxylic acids is 1. The van der Waals surface area contributed by atoms with Gasteiger partial charge in [0.05, 0.1) is 0 Å². The SMILES string of the molecule is [N-]=[N+]=NC(C(=O)Cl)c1ccccc1. The first kappa shape index (κ1) is 9.58.